The van der Waals surface area contributed by atoms with Gasteiger partial charge in [-0.25, -0.2) is 4.39 Å². The van der Waals surface area contributed by atoms with Gasteiger partial charge in [0.15, 0.2) is 0 Å². The SMILES string of the molecule is CC(C)(C)NC(=O)C(Cc1ccccc1)N(Cc1cccc(Cl)c1)C(=O)Cc1ccccc1F. The Kier molecular flexibility index (Phi) is 8.46. The summed E-state index contributed by atoms with van der Waals surface area (Å²) in [5.41, 5.74) is 1.52. The van der Waals surface area contributed by atoms with E-state index in [-0.39, 0.29) is 24.8 Å². The standard InChI is InChI=1S/C28H30ClFN2O2/c1-28(2,3)31-27(34)25(17-20-10-5-4-6-11-20)32(19-21-12-9-14-23(29)16-21)26(33)18-22-13-7-8-15-24(22)30/h4-16,25H,17-19H2,1-3H3,(H,31,34). The van der Waals surface area contributed by atoms with Crippen LogP contribution in [0.5, 0.6) is 0 Å². The summed E-state index contributed by atoms with van der Waals surface area (Å²) in [5, 5.41) is 3.55. The lowest BCUT2D eigenvalue weighted by Crippen LogP contribution is -2.54. The fraction of sp³-hybridized carbons (Fsp3) is 0.286. The highest BCUT2D eigenvalue weighted by Crippen LogP contribution is 2.20. The number of benzene rings is 3. The molecule has 0 aliphatic heterocycles. The second-order valence-electron chi connectivity index (χ2n) is 9.36. The van der Waals surface area contributed by atoms with Crippen molar-refractivity contribution < 1.29 is 14.0 Å². The molecule has 0 fully saturated rings. The Morgan fingerprint density at radius 3 is 2.24 bits per heavy atom. The van der Waals surface area contributed by atoms with Crippen molar-refractivity contribution in [1.82, 2.24) is 10.2 Å². The largest absolute Gasteiger partial charge is 0.350 e. The molecule has 1 N–H and O–H groups in total. The second kappa shape index (κ2) is 11.3. The van der Waals surface area contributed by atoms with Crippen LogP contribution in [0.15, 0.2) is 78.9 Å². The molecule has 0 spiro atoms. The number of carbonyl (C=O) groups excluding carboxylic acids is 2. The summed E-state index contributed by atoms with van der Waals surface area (Å²) in [6.45, 7) is 5.86. The molecule has 0 radical (unpaired) electrons. The molecule has 4 nitrogen and oxygen atoms in total. The highest BCUT2D eigenvalue weighted by atomic mass is 35.5. The Morgan fingerprint density at radius 1 is 0.941 bits per heavy atom. The molecule has 3 aromatic rings. The minimum Gasteiger partial charge on any atom is -0.350 e. The van der Waals surface area contributed by atoms with Gasteiger partial charge in [0.25, 0.3) is 0 Å². The maximum atomic E-state index is 14.4. The van der Waals surface area contributed by atoms with Crippen LogP contribution in [0.4, 0.5) is 4.39 Å². The molecule has 178 valence electrons. The fourth-order valence-corrected chi connectivity index (χ4v) is 3.96. The van der Waals surface area contributed by atoms with E-state index in [1.807, 2.05) is 57.2 Å². The van der Waals surface area contributed by atoms with Gasteiger partial charge in [-0.05, 0) is 55.7 Å². The van der Waals surface area contributed by atoms with Crippen molar-refractivity contribution in [2.45, 2.75) is 51.7 Å². The van der Waals surface area contributed by atoms with Gasteiger partial charge in [-0.15, -0.1) is 0 Å². The van der Waals surface area contributed by atoms with E-state index in [2.05, 4.69) is 5.32 Å². The Hall–Kier alpha value is -3.18. The van der Waals surface area contributed by atoms with Crippen LogP contribution < -0.4 is 5.32 Å². The van der Waals surface area contributed by atoms with Crippen LogP contribution in [0.25, 0.3) is 0 Å². The topological polar surface area (TPSA) is 49.4 Å². The van der Waals surface area contributed by atoms with Crippen molar-refractivity contribution in [3.63, 3.8) is 0 Å². The molecule has 34 heavy (non-hydrogen) atoms. The molecule has 0 aromatic heterocycles. The van der Waals surface area contributed by atoms with Crippen molar-refractivity contribution in [2.24, 2.45) is 0 Å². The maximum absolute atomic E-state index is 14.4. The Bertz CT molecular complexity index is 1130. The monoisotopic (exact) mass is 480 g/mol. The maximum Gasteiger partial charge on any atom is 0.243 e. The van der Waals surface area contributed by atoms with E-state index in [0.717, 1.165) is 11.1 Å². The van der Waals surface area contributed by atoms with Crippen LogP contribution in [0, 0.1) is 5.82 Å². The molecule has 0 aliphatic carbocycles. The van der Waals surface area contributed by atoms with Crippen molar-refractivity contribution >= 4 is 23.4 Å². The molecule has 1 atom stereocenters. The summed E-state index contributed by atoms with van der Waals surface area (Å²) < 4.78 is 14.4. The van der Waals surface area contributed by atoms with Gasteiger partial charge >= 0.3 is 0 Å². The van der Waals surface area contributed by atoms with E-state index in [9.17, 15) is 14.0 Å². The van der Waals surface area contributed by atoms with E-state index in [4.69, 9.17) is 11.6 Å². The predicted molar refractivity (Wildman–Crippen MR) is 134 cm³/mol. The normalized spacial score (nSPS) is 12.1. The van der Waals surface area contributed by atoms with Gasteiger partial charge in [-0.3, -0.25) is 9.59 Å². The third kappa shape index (κ3) is 7.42. The van der Waals surface area contributed by atoms with Crippen molar-refractivity contribution in [2.75, 3.05) is 0 Å². The van der Waals surface area contributed by atoms with E-state index in [1.165, 1.54) is 11.0 Å². The fourth-order valence-electron chi connectivity index (χ4n) is 3.75. The lowest BCUT2D eigenvalue weighted by molar-refractivity contribution is -0.141. The van der Waals surface area contributed by atoms with Gasteiger partial charge in [-0.2, -0.15) is 0 Å². The van der Waals surface area contributed by atoms with E-state index in [1.54, 1.807) is 36.4 Å². The number of amides is 2. The van der Waals surface area contributed by atoms with Crippen LogP contribution in [0.3, 0.4) is 0 Å². The molecule has 6 heteroatoms. The molecule has 2 amide bonds. The first kappa shape index (κ1) is 25.4. The van der Waals surface area contributed by atoms with Crippen LogP contribution >= 0.6 is 11.6 Å². The highest BCUT2D eigenvalue weighted by Gasteiger charge is 2.32. The van der Waals surface area contributed by atoms with E-state index < -0.39 is 17.4 Å². The zero-order chi connectivity index (χ0) is 24.7. The molecular formula is C28H30ClFN2O2. The van der Waals surface area contributed by atoms with Crippen LogP contribution in [0.1, 0.15) is 37.5 Å². The minimum atomic E-state index is -0.792. The molecule has 0 heterocycles. The molecular weight excluding hydrogens is 451 g/mol. The van der Waals surface area contributed by atoms with Gasteiger partial charge in [0.2, 0.25) is 11.8 Å². The number of hydrogen-bond donors (Lipinski definition) is 1. The Morgan fingerprint density at radius 2 is 1.59 bits per heavy atom. The quantitative estimate of drug-likeness (QED) is 0.457. The first-order chi connectivity index (χ1) is 16.1. The molecule has 0 aliphatic rings. The Balaban J connectivity index is 2.00. The lowest BCUT2D eigenvalue weighted by Gasteiger charge is -2.34. The van der Waals surface area contributed by atoms with Crippen molar-refractivity contribution in [3.05, 3.63) is 106 Å². The van der Waals surface area contributed by atoms with E-state index >= 15 is 0 Å². The summed E-state index contributed by atoms with van der Waals surface area (Å²) in [5.74, 6) is -1.05. The number of rotatable bonds is 8. The molecule has 0 saturated carbocycles. The minimum absolute atomic E-state index is 0.151. The number of nitrogens with zero attached hydrogens (tertiary/aromatic N) is 1. The van der Waals surface area contributed by atoms with E-state index in [0.29, 0.717) is 17.0 Å². The van der Waals surface area contributed by atoms with Gasteiger partial charge < -0.3 is 10.2 Å². The smallest absolute Gasteiger partial charge is 0.243 e. The lowest BCUT2D eigenvalue weighted by atomic mass is 9.99. The van der Waals surface area contributed by atoms with Crippen LogP contribution in [-0.2, 0) is 29.0 Å². The number of hydrogen-bond acceptors (Lipinski definition) is 2. The number of nitrogens with one attached hydrogen (secondary N) is 1. The average molecular weight is 481 g/mol. The summed E-state index contributed by atoms with van der Waals surface area (Å²) in [4.78, 5) is 28.6. The third-order valence-electron chi connectivity index (χ3n) is 5.31. The van der Waals surface area contributed by atoms with Gasteiger partial charge in [0.05, 0.1) is 6.42 Å². The summed E-state index contributed by atoms with van der Waals surface area (Å²) in [7, 11) is 0. The molecule has 3 aromatic carbocycles. The summed E-state index contributed by atoms with van der Waals surface area (Å²) >= 11 is 6.19. The van der Waals surface area contributed by atoms with Crippen molar-refractivity contribution in [1.29, 1.82) is 0 Å². The average Bonchev–Trinajstić information content (AvgIpc) is 2.77. The van der Waals surface area contributed by atoms with Crippen LogP contribution in [0.2, 0.25) is 5.02 Å². The molecule has 0 saturated heterocycles. The summed E-state index contributed by atoms with van der Waals surface area (Å²) in [6, 6.07) is 22.2. The third-order valence-corrected chi connectivity index (χ3v) is 5.55. The first-order valence-corrected chi connectivity index (χ1v) is 11.6. The number of carbonyl (C=O) groups is 2. The number of halogens is 2. The van der Waals surface area contributed by atoms with Gasteiger partial charge in [0.1, 0.15) is 11.9 Å². The summed E-state index contributed by atoms with van der Waals surface area (Å²) in [6.07, 6.45) is 0.174. The molecule has 0 bridgehead atoms. The Labute approximate surface area is 205 Å². The van der Waals surface area contributed by atoms with Gasteiger partial charge in [0, 0.05) is 23.5 Å². The zero-order valence-electron chi connectivity index (χ0n) is 19.7. The van der Waals surface area contributed by atoms with Crippen molar-refractivity contribution in [3.8, 4) is 0 Å². The zero-order valence-corrected chi connectivity index (χ0v) is 20.5. The second-order valence-corrected chi connectivity index (χ2v) is 9.80. The van der Waals surface area contributed by atoms with Gasteiger partial charge in [-0.1, -0.05) is 72.3 Å². The van der Waals surface area contributed by atoms with Crippen LogP contribution in [-0.4, -0.2) is 28.3 Å². The first-order valence-electron chi connectivity index (χ1n) is 11.3. The molecule has 3 rings (SSSR count). The highest BCUT2D eigenvalue weighted by molar-refractivity contribution is 6.30. The molecule has 1 unspecified atom stereocenters. The predicted octanol–water partition coefficient (Wildman–Crippen LogP) is 5.58.